The van der Waals surface area contributed by atoms with E-state index in [1.165, 1.54) is 0 Å². The minimum atomic E-state index is -0.975. The lowest BCUT2D eigenvalue weighted by molar-refractivity contribution is -0.120. The van der Waals surface area contributed by atoms with E-state index in [2.05, 4.69) is 10.6 Å². The van der Waals surface area contributed by atoms with Crippen LogP contribution in [-0.2, 0) is 4.79 Å². The topological polar surface area (TPSA) is 58.2 Å². The highest BCUT2D eigenvalue weighted by Crippen LogP contribution is 2.20. The predicted molar refractivity (Wildman–Crippen MR) is 99.2 cm³/mol. The van der Waals surface area contributed by atoms with Crippen LogP contribution in [-0.4, -0.2) is 18.4 Å². The Morgan fingerprint density at radius 2 is 1.70 bits per heavy atom. The normalized spacial score (nSPS) is 11.8. The Morgan fingerprint density at radius 3 is 2.44 bits per heavy atom. The molecule has 1 unspecified atom stereocenters. The quantitative estimate of drug-likeness (QED) is 0.721. The van der Waals surface area contributed by atoms with Crippen LogP contribution in [0.4, 0.5) is 8.78 Å². The summed E-state index contributed by atoms with van der Waals surface area (Å²) in [5.41, 5.74) is 0.615. The molecular weight excluding hydrogens is 350 g/mol. The van der Waals surface area contributed by atoms with Gasteiger partial charge in [0.2, 0.25) is 5.91 Å². The van der Waals surface area contributed by atoms with Gasteiger partial charge in [-0.25, -0.2) is 8.78 Å². The molecule has 3 aromatic rings. The van der Waals surface area contributed by atoms with E-state index in [0.717, 1.165) is 28.5 Å². The van der Waals surface area contributed by atoms with Gasteiger partial charge in [-0.1, -0.05) is 36.4 Å². The summed E-state index contributed by atoms with van der Waals surface area (Å²) in [6.45, 7) is 1.52. The molecule has 3 rings (SSSR count). The van der Waals surface area contributed by atoms with Crippen molar-refractivity contribution in [3.05, 3.63) is 83.4 Å². The van der Waals surface area contributed by atoms with E-state index in [-0.39, 0.29) is 18.2 Å². The smallest absolute Gasteiger partial charge is 0.254 e. The van der Waals surface area contributed by atoms with Crippen molar-refractivity contribution in [3.8, 4) is 0 Å². The van der Waals surface area contributed by atoms with E-state index in [1.807, 2.05) is 49.4 Å². The molecule has 0 aromatic heterocycles. The summed E-state index contributed by atoms with van der Waals surface area (Å²) in [5, 5.41) is 7.29. The highest BCUT2D eigenvalue weighted by molar-refractivity contribution is 5.96. The first-order chi connectivity index (χ1) is 12.9. The first-order valence-corrected chi connectivity index (χ1v) is 8.45. The van der Waals surface area contributed by atoms with Crippen LogP contribution in [0.3, 0.4) is 0 Å². The number of hydrogen-bond acceptors (Lipinski definition) is 2. The highest BCUT2D eigenvalue weighted by atomic mass is 19.1. The Morgan fingerprint density at radius 1 is 0.963 bits per heavy atom. The number of hydrogen-bond donors (Lipinski definition) is 2. The van der Waals surface area contributed by atoms with Gasteiger partial charge < -0.3 is 10.6 Å². The second-order valence-corrected chi connectivity index (χ2v) is 6.20. The van der Waals surface area contributed by atoms with Crippen molar-refractivity contribution >= 4 is 22.6 Å². The molecule has 0 saturated carbocycles. The molecule has 138 valence electrons. The van der Waals surface area contributed by atoms with Crippen LogP contribution in [0.2, 0.25) is 0 Å². The van der Waals surface area contributed by atoms with Gasteiger partial charge in [0.25, 0.3) is 5.91 Å². The summed E-state index contributed by atoms with van der Waals surface area (Å²) in [7, 11) is 0. The lowest BCUT2D eigenvalue weighted by atomic mass is 10.0. The number of halogens is 2. The molecule has 0 radical (unpaired) electrons. The Hall–Kier alpha value is -3.28. The minimum Gasteiger partial charge on any atom is -0.348 e. The Labute approximate surface area is 155 Å². The van der Waals surface area contributed by atoms with Crippen molar-refractivity contribution in [2.45, 2.75) is 13.0 Å². The molecule has 0 saturated heterocycles. The molecule has 4 nitrogen and oxygen atoms in total. The van der Waals surface area contributed by atoms with Crippen molar-refractivity contribution < 1.29 is 18.4 Å². The molecule has 6 heteroatoms. The Bertz CT molecular complexity index is 1000. The second kappa shape index (κ2) is 7.95. The van der Waals surface area contributed by atoms with E-state index in [9.17, 15) is 18.4 Å². The Kier molecular flexibility index (Phi) is 5.45. The van der Waals surface area contributed by atoms with Crippen LogP contribution in [0.25, 0.3) is 10.8 Å². The van der Waals surface area contributed by atoms with E-state index in [4.69, 9.17) is 0 Å². The largest absolute Gasteiger partial charge is 0.348 e. The minimum absolute atomic E-state index is 0.262. The average molecular weight is 368 g/mol. The molecule has 0 aliphatic carbocycles. The molecule has 0 fully saturated rings. The van der Waals surface area contributed by atoms with Gasteiger partial charge in [-0.2, -0.15) is 0 Å². The van der Waals surface area contributed by atoms with Gasteiger partial charge >= 0.3 is 0 Å². The third-order valence-electron chi connectivity index (χ3n) is 4.24. The molecule has 0 bridgehead atoms. The summed E-state index contributed by atoms with van der Waals surface area (Å²) >= 11 is 0. The molecule has 2 amide bonds. The summed E-state index contributed by atoms with van der Waals surface area (Å²) < 4.78 is 26.5. The third-order valence-corrected chi connectivity index (χ3v) is 4.24. The van der Waals surface area contributed by atoms with Gasteiger partial charge in [0.15, 0.2) is 0 Å². The number of fused-ring (bicyclic) bond motifs is 1. The third kappa shape index (κ3) is 4.47. The summed E-state index contributed by atoms with van der Waals surface area (Å²) in [6, 6.07) is 16.2. The molecule has 0 spiro atoms. The van der Waals surface area contributed by atoms with Crippen LogP contribution >= 0.6 is 0 Å². The fraction of sp³-hybridized carbons (Fsp3) is 0.143. The second-order valence-electron chi connectivity index (χ2n) is 6.20. The van der Waals surface area contributed by atoms with Gasteiger partial charge in [0, 0.05) is 6.07 Å². The molecule has 27 heavy (non-hydrogen) atoms. The Balaban J connectivity index is 1.58. The van der Waals surface area contributed by atoms with Crippen molar-refractivity contribution in [2.75, 3.05) is 6.54 Å². The van der Waals surface area contributed by atoms with E-state index in [0.29, 0.717) is 6.07 Å². The van der Waals surface area contributed by atoms with Gasteiger partial charge in [0.1, 0.15) is 11.6 Å². The van der Waals surface area contributed by atoms with Crippen molar-refractivity contribution in [2.24, 2.45) is 0 Å². The molecule has 3 aromatic carbocycles. The fourth-order valence-corrected chi connectivity index (χ4v) is 2.78. The van der Waals surface area contributed by atoms with Gasteiger partial charge in [-0.05, 0) is 41.5 Å². The maximum Gasteiger partial charge on any atom is 0.254 e. The van der Waals surface area contributed by atoms with Crippen LogP contribution in [0.5, 0.6) is 0 Å². The summed E-state index contributed by atoms with van der Waals surface area (Å²) in [6.07, 6.45) is 0. The van der Waals surface area contributed by atoms with Crippen LogP contribution in [0, 0.1) is 11.6 Å². The number of benzene rings is 3. The number of nitrogens with one attached hydrogen (secondary N) is 2. The van der Waals surface area contributed by atoms with Gasteiger partial charge in [-0.15, -0.1) is 0 Å². The average Bonchev–Trinajstić information content (AvgIpc) is 2.65. The maximum atomic E-state index is 13.6. The van der Waals surface area contributed by atoms with Gasteiger partial charge in [-0.3, -0.25) is 9.59 Å². The molecule has 1 atom stereocenters. The standard InChI is InChI=1S/C21H18F2N2O2/c1-13(15-7-6-14-4-2-3-5-16(14)10-15)25-20(26)12-24-21(27)18-9-8-17(22)11-19(18)23/h2-11,13H,12H2,1H3,(H,24,27)(H,25,26). The first-order valence-electron chi connectivity index (χ1n) is 8.45. The zero-order valence-electron chi connectivity index (χ0n) is 14.6. The summed E-state index contributed by atoms with van der Waals surface area (Å²) in [4.78, 5) is 24.0. The molecule has 0 heterocycles. The number of amides is 2. The SMILES string of the molecule is CC(NC(=O)CNC(=O)c1ccc(F)cc1F)c1ccc2ccccc2c1. The molecule has 0 aliphatic rings. The fourth-order valence-electron chi connectivity index (χ4n) is 2.78. The lowest BCUT2D eigenvalue weighted by Crippen LogP contribution is -2.38. The first kappa shape index (κ1) is 18.5. The number of carbonyl (C=O) groups excluding carboxylic acids is 2. The number of carbonyl (C=O) groups is 2. The summed E-state index contributed by atoms with van der Waals surface area (Å²) in [5.74, 6) is -2.93. The van der Waals surface area contributed by atoms with Crippen molar-refractivity contribution in [1.82, 2.24) is 10.6 Å². The van der Waals surface area contributed by atoms with Crippen molar-refractivity contribution in [1.29, 1.82) is 0 Å². The monoisotopic (exact) mass is 368 g/mol. The highest BCUT2D eigenvalue weighted by Gasteiger charge is 2.15. The molecular formula is C21H18F2N2O2. The van der Waals surface area contributed by atoms with Crippen LogP contribution in [0.1, 0.15) is 28.9 Å². The molecule has 2 N–H and O–H groups in total. The van der Waals surface area contributed by atoms with Crippen LogP contribution in [0.15, 0.2) is 60.7 Å². The maximum absolute atomic E-state index is 13.6. The zero-order chi connectivity index (χ0) is 19.4. The van der Waals surface area contributed by atoms with Crippen molar-refractivity contribution in [3.63, 3.8) is 0 Å². The van der Waals surface area contributed by atoms with E-state index in [1.54, 1.807) is 0 Å². The zero-order valence-corrected chi connectivity index (χ0v) is 14.6. The van der Waals surface area contributed by atoms with E-state index >= 15 is 0 Å². The predicted octanol–water partition coefficient (Wildman–Crippen LogP) is 3.73. The molecule has 0 aliphatic heterocycles. The number of rotatable bonds is 5. The lowest BCUT2D eigenvalue weighted by Gasteiger charge is -2.15. The van der Waals surface area contributed by atoms with E-state index < -0.39 is 23.4 Å². The van der Waals surface area contributed by atoms with Crippen LogP contribution < -0.4 is 10.6 Å². The van der Waals surface area contributed by atoms with Gasteiger partial charge in [0.05, 0.1) is 18.2 Å².